The first kappa shape index (κ1) is 12.5. The summed E-state index contributed by atoms with van der Waals surface area (Å²) in [6.45, 7) is 12.1. The number of aromatic amines is 1. The first-order chi connectivity index (χ1) is 7.38. The van der Waals surface area contributed by atoms with Gasteiger partial charge in [0, 0.05) is 17.8 Å². The number of hydrogen-bond acceptors (Lipinski definition) is 2. The summed E-state index contributed by atoms with van der Waals surface area (Å²) in [4.78, 5) is 14.1. The SMILES string of the molecule is C=CCN(C(=O)c1cn[nH]c1C)C(C)(C)C. The Morgan fingerprint density at radius 1 is 1.62 bits per heavy atom. The van der Waals surface area contributed by atoms with Crippen LogP contribution in [-0.2, 0) is 0 Å². The molecule has 0 spiro atoms. The number of aromatic nitrogens is 2. The van der Waals surface area contributed by atoms with Crippen LogP contribution in [0, 0.1) is 6.92 Å². The van der Waals surface area contributed by atoms with Gasteiger partial charge < -0.3 is 4.90 Å². The largest absolute Gasteiger partial charge is 0.330 e. The minimum Gasteiger partial charge on any atom is -0.330 e. The van der Waals surface area contributed by atoms with E-state index in [-0.39, 0.29) is 11.4 Å². The minimum absolute atomic E-state index is 0.0151. The topological polar surface area (TPSA) is 49.0 Å². The summed E-state index contributed by atoms with van der Waals surface area (Å²) in [5, 5.41) is 6.64. The molecule has 1 N–H and O–H groups in total. The second kappa shape index (κ2) is 4.51. The molecule has 88 valence electrons. The fourth-order valence-corrected chi connectivity index (χ4v) is 1.50. The molecule has 1 aromatic rings. The maximum Gasteiger partial charge on any atom is 0.258 e. The Morgan fingerprint density at radius 2 is 2.25 bits per heavy atom. The van der Waals surface area contributed by atoms with Crippen molar-refractivity contribution in [3.8, 4) is 0 Å². The van der Waals surface area contributed by atoms with Crippen molar-refractivity contribution in [1.82, 2.24) is 15.1 Å². The predicted molar refractivity (Wildman–Crippen MR) is 64.3 cm³/mol. The third kappa shape index (κ3) is 2.51. The minimum atomic E-state index is -0.227. The number of carbonyl (C=O) groups excluding carboxylic acids is 1. The van der Waals surface area contributed by atoms with Gasteiger partial charge in [0.1, 0.15) is 0 Å². The standard InChI is InChI=1S/C12H19N3O/c1-6-7-15(12(3,4)5)11(16)10-8-13-14-9(10)2/h6,8H,1,7H2,2-5H3,(H,13,14). The Labute approximate surface area is 96.3 Å². The number of amides is 1. The van der Waals surface area contributed by atoms with E-state index in [0.29, 0.717) is 12.1 Å². The normalized spacial score (nSPS) is 11.2. The van der Waals surface area contributed by atoms with Crippen molar-refractivity contribution in [3.63, 3.8) is 0 Å². The molecule has 0 aliphatic rings. The molecule has 0 bridgehead atoms. The van der Waals surface area contributed by atoms with E-state index in [1.165, 1.54) is 0 Å². The molecular weight excluding hydrogens is 202 g/mol. The summed E-state index contributed by atoms with van der Waals surface area (Å²) in [5.41, 5.74) is 1.19. The van der Waals surface area contributed by atoms with Crippen molar-refractivity contribution in [1.29, 1.82) is 0 Å². The van der Waals surface area contributed by atoms with E-state index in [2.05, 4.69) is 16.8 Å². The second-order valence-electron chi connectivity index (χ2n) is 4.78. The van der Waals surface area contributed by atoms with Crippen LogP contribution in [0.15, 0.2) is 18.9 Å². The molecule has 4 nitrogen and oxygen atoms in total. The zero-order valence-electron chi connectivity index (χ0n) is 10.4. The van der Waals surface area contributed by atoms with Crippen molar-refractivity contribution < 1.29 is 4.79 Å². The van der Waals surface area contributed by atoms with Gasteiger partial charge in [0.2, 0.25) is 0 Å². The third-order valence-electron chi connectivity index (χ3n) is 2.43. The molecule has 0 saturated carbocycles. The maximum absolute atomic E-state index is 12.3. The molecule has 0 saturated heterocycles. The Bertz CT molecular complexity index is 387. The van der Waals surface area contributed by atoms with Crippen LogP contribution in [0.25, 0.3) is 0 Å². The van der Waals surface area contributed by atoms with E-state index >= 15 is 0 Å². The highest BCUT2D eigenvalue weighted by Gasteiger charge is 2.27. The molecule has 0 fully saturated rings. The van der Waals surface area contributed by atoms with Crippen LogP contribution in [-0.4, -0.2) is 33.1 Å². The maximum atomic E-state index is 12.3. The van der Waals surface area contributed by atoms with Gasteiger partial charge in [-0.3, -0.25) is 9.89 Å². The molecule has 0 atom stereocenters. The van der Waals surface area contributed by atoms with Gasteiger partial charge in [0.05, 0.1) is 11.8 Å². The summed E-state index contributed by atoms with van der Waals surface area (Å²) >= 11 is 0. The lowest BCUT2D eigenvalue weighted by atomic mass is 10.0. The highest BCUT2D eigenvalue weighted by atomic mass is 16.2. The van der Waals surface area contributed by atoms with Crippen molar-refractivity contribution in [2.24, 2.45) is 0 Å². The quantitative estimate of drug-likeness (QED) is 0.795. The van der Waals surface area contributed by atoms with Crippen LogP contribution in [0.3, 0.4) is 0 Å². The Kier molecular flexibility index (Phi) is 3.52. The smallest absolute Gasteiger partial charge is 0.258 e. The molecule has 0 aromatic carbocycles. The van der Waals surface area contributed by atoms with Gasteiger partial charge in [0.25, 0.3) is 5.91 Å². The fraction of sp³-hybridized carbons (Fsp3) is 0.500. The molecule has 4 heteroatoms. The number of carbonyl (C=O) groups is 1. The van der Waals surface area contributed by atoms with Crippen molar-refractivity contribution in [2.45, 2.75) is 33.2 Å². The number of hydrogen-bond donors (Lipinski definition) is 1. The second-order valence-corrected chi connectivity index (χ2v) is 4.78. The van der Waals surface area contributed by atoms with Gasteiger partial charge in [0.15, 0.2) is 0 Å². The van der Waals surface area contributed by atoms with E-state index in [1.807, 2.05) is 27.7 Å². The first-order valence-corrected chi connectivity index (χ1v) is 5.30. The van der Waals surface area contributed by atoms with E-state index < -0.39 is 0 Å². The fourth-order valence-electron chi connectivity index (χ4n) is 1.50. The summed E-state index contributed by atoms with van der Waals surface area (Å²) in [6.07, 6.45) is 3.30. The highest BCUT2D eigenvalue weighted by Crippen LogP contribution is 2.18. The van der Waals surface area contributed by atoms with Gasteiger partial charge in [-0.15, -0.1) is 6.58 Å². The molecule has 1 heterocycles. The van der Waals surface area contributed by atoms with Gasteiger partial charge in [-0.1, -0.05) is 6.08 Å². The molecule has 0 unspecified atom stereocenters. The number of nitrogens with one attached hydrogen (secondary N) is 1. The Morgan fingerprint density at radius 3 is 2.62 bits per heavy atom. The lowest BCUT2D eigenvalue weighted by molar-refractivity contribution is 0.0616. The van der Waals surface area contributed by atoms with Gasteiger partial charge in [-0.25, -0.2) is 0 Å². The molecule has 0 aliphatic heterocycles. The van der Waals surface area contributed by atoms with E-state index in [4.69, 9.17) is 0 Å². The monoisotopic (exact) mass is 221 g/mol. The lowest BCUT2D eigenvalue weighted by Gasteiger charge is -2.34. The molecule has 1 rings (SSSR count). The zero-order valence-corrected chi connectivity index (χ0v) is 10.4. The Hall–Kier alpha value is -1.58. The summed E-state index contributed by atoms with van der Waals surface area (Å²) < 4.78 is 0. The van der Waals surface area contributed by atoms with Crippen LogP contribution in [0.5, 0.6) is 0 Å². The average Bonchev–Trinajstić information content (AvgIpc) is 2.58. The van der Waals surface area contributed by atoms with E-state index in [9.17, 15) is 4.79 Å². The average molecular weight is 221 g/mol. The van der Waals surface area contributed by atoms with Crippen LogP contribution in [0.1, 0.15) is 36.8 Å². The zero-order chi connectivity index (χ0) is 12.3. The molecule has 1 aromatic heterocycles. The Balaban J connectivity index is 3.01. The molecule has 0 radical (unpaired) electrons. The molecule has 0 aliphatic carbocycles. The van der Waals surface area contributed by atoms with E-state index in [0.717, 1.165) is 5.69 Å². The van der Waals surface area contributed by atoms with Crippen molar-refractivity contribution in [3.05, 3.63) is 30.1 Å². The predicted octanol–water partition coefficient (Wildman–Crippen LogP) is 2.14. The first-order valence-electron chi connectivity index (χ1n) is 5.30. The van der Waals surface area contributed by atoms with Crippen LogP contribution in [0.2, 0.25) is 0 Å². The number of nitrogens with zero attached hydrogens (tertiary/aromatic N) is 2. The lowest BCUT2D eigenvalue weighted by Crippen LogP contribution is -2.45. The molecule has 1 amide bonds. The summed E-state index contributed by atoms with van der Waals surface area (Å²) in [7, 11) is 0. The van der Waals surface area contributed by atoms with Crippen LogP contribution < -0.4 is 0 Å². The number of H-pyrrole nitrogens is 1. The van der Waals surface area contributed by atoms with Gasteiger partial charge in [-0.05, 0) is 27.7 Å². The number of rotatable bonds is 3. The van der Waals surface area contributed by atoms with Crippen LogP contribution >= 0.6 is 0 Å². The highest BCUT2D eigenvalue weighted by molar-refractivity contribution is 5.95. The van der Waals surface area contributed by atoms with E-state index in [1.54, 1.807) is 17.2 Å². The van der Waals surface area contributed by atoms with Crippen LogP contribution in [0.4, 0.5) is 0 Å². The molecular formula is C12H19N3O. The third-order valence-corrected chi connectivity index (χ3v) is 2.43. The summed E-state index contributed by atoms with van der Waals surface area (Å²) in [5.74, 6) is -0.0151. The van der Waals surface area contributed by atoms with Crippen molar-refractivity contribution >= 4 is 5.91 Å². The number of aryl methyl sites for hydroxylation is 1. The van der Waals surface area contributed by atoms with Gasteiger partial charge >= 0.3 is 0 Å². The van der Waals surface area contributed by atoms with Crippen molar-refractivity contribution in [2.75, 3.05) is 6.54 Å². The molecule has 16 heavy (non-hydrogen) atoms. The summed E-state index contributed by atoms with van der Waals surface area (Å²) in [6, 6.07) is 0. The van der Waals surface area contributed by atoms with Gasteiger partial charge in [-0.2, -0.15) is 5.10 Å².